The van der Waals surface area contributed by atoms with Crippen LogP contribution in [0.2, 0.25) is 0 Å². The van der Waals surface area contributed by atoms with Crippen molar-refractivity contribution < 1.29 is 14.3 Å². The van der Waals surface area contributed by atoms with Crippen molar-refractivity contribution in [3.63, 3.8) is 0 Å². The maximum absolute atomic E-state index is 13.2. The maximum Gasteiger partial charge on any atom is 0.256 e. The van der Waals surface area contributed by atoms with Gasteiger partial charge in [0.2, 0.25) is 5.91 Å². The molecule has 0 aliphatic carbocycles. The van der Waals surface area contributed by atoms with Crippen LogP contribution in [0.1, 0.15) is 23.7 Å². The second-order valence-electron chi connectivity index (χ2n) is 6.70. The van der Waals surface area contributed by atoms with E-state index in [0.717, 1.165) is 29.1 Å². The van der Waals surface area contributed by atoms with Crippen LogP contribution in [-0.2, 0) is 4.79 Å². The smallest absolute Gasteiger partial charge is 0.256 e. The third-order valence-corrected chi connectivity index (χ3v) is 6.44. The Morgan fingerprint density at radius 3 is 2.59 bits per heavy atom. The third kappa shape index (κ3) is 3.18. The molecule has 0 spiro atoms. The maximum atomic E-state index is 13.2. The van der Waals surface area contributed by atoms with Crippen LogP contribution in [0.5, 0.6) is 5.75 Å². The molecule has 140 valence electrons. The van der Waals surface area contributed by atoms with E-state index in [1.165, 1.54) is 0 Å². The van der Waals surface area contributed by atoms with Gasteiger partial charge >= 0.3 is 0 Å². The first kappa shape index (κ1) is 17.9. The minimum Gasteiger partial charge on any atom is -0.497 e. The Balaban J connectivity index is 1.70. The van der Waals surface area contributed by atoms with Crippen LogP contribution < -0.4 is 10.1 Å². The van der Waals surface area contributed by atoms with Gasteiger partial charge in [-0.3, -0.25) is 9.59 Å². The van der Waals surface area contributed by atoms with Gasteiger partial charge < -0.3 is 15.0 Å². The van der Waals surface area contributed by atoms with E-state index in [1.807, 2.05) is 42.5 Å². The molecule has 2 aromatic rings. The van der Waals surface area contributed by atoms with Crippen LogP contribution >= 0.6 is 11.8 Å². The molecular formula is C21H22N2O3S. The molecule has 2 aliphatic rings. The van der Waals surface area contributed by atoms with Gasteiger partial charge in [0.25, 0.3) is 5.91 Å². The molecule has 6 heteroatoms. The number of carbonyl (C=O) groups is 2. The van der Waals surface area contributed by atoms with E-state index in [4.69, 9.17) is 4.74 Å². The Morgan fingerprint density at radius 1 is 1.15 bits per heavy atom. The van der Waals surface area contributed by atoms with Gasteiger partial charge in [-0.1, -0.05) is 25.1 Å². The van der Waals surface area contributed by atoms with Gasteiger partial charge in [-0.2, -0.15) is 11.8 Å². The summed E-state index contributed by atoms with van der Waals surface area (Å²) in [6.07, 6.45) is 0.857. The van der Waals surface area contributed by atoms with Gasteiger partial charge in [0.1, 0.15) is 11.8 Å². The lowest BCUT2D eigenvalue weighted by atomic mass is 10.0. The molecule has 1 fully saturated rings. The number of anilines is 1. The summed E-state index contributed by atoms with van der Waals surface area (Å²) in [4.78, 5) is 27.7. The van der Waals surface area contributed by atoms with Crippen LogP contribution in [0.3, 0.4) is 0 Å². The third-order valence-electron chi connectivity index (χ3n) is 5.18. The zero-order chi connectivity index (χ0) is 19.0. The molecule has 1 N–H and O–H groups in total. The lowest BCUT2D eigenvalue weighted by molar-refractivity contribution is -0.119. The van der Waals surface area contributed by atoms with E-state index < -0.39 is 0 Å². The number of rotatable bonds is 4. The van der Waals surface area contributed by atoms with Crippen molar-refractivity contribution in [3.05, 3.63) is 48.0 Å². The summed E-state index contributed by atoms with van der Waals surface area (Å²) in [5.74, 6) is 1.58. The van der Waals surface area contributed by atoms with Crippen LogP contribution in [0, 0.1) is 0 Å². The number of carbonyl (C=O) groups excluding carboxylic acids is 2. The quantitative estimate of drug-likeness (QED) is 0.877. The normalized spacial score (nSPS) is 21.3. The first-order valence-electron chi connectivity index (χ1n) is 9.14. The van der Waals surface area contributed by atoms with Gasteiger partial charge in [0, 0.05) is 11.8 Å². The number of hydrogen-bond acceptors (Lipinski definition) is 4. The predicted octanol–water partition coefficient (Wildman–Crippen LogP) is 3.65. The molecule has 27 heavy (non-hydrogen) atoms. The molecule has 0 bridgehead atoms. The fraction of sp³-hybridized carbons (Fsp3) is 0.333. The molecule has 2 amide bonds. The highest BCUT2D eigenvalue weighted by atomic mass is 32.2. The Kier molecular flexibility index (Phi) is 4.83. The summed E-state index contributed by atoms with van der Waals surface area (Å²) in [5, 5.41) is 3.14. The topological polar surface area (TPSA) is 58.6 Å². The summed E-state index contributed by atoms with van der Waals surface area (Å²) >= 11 is 1.76. The second-order valence-corrected chi connectivity index (χ2v) is 8.22. The summed E-state index contributed by atoms with van der Waals surface area (Å²) < 4.78 is 5.21. The van der Waals surface area contributed by atoms with Crippen LogP contribution in [0.15, 0.2) is 42.5 Å². The summed E-state index contributed by atoms with van der Waals surface area (Å²) in [6.45, 7) is 2.71. The molecule has 2 unspecified atom stereocenters. The lowest BCUT2D eigenvalue weighted by Gasteiger charge is -2.23. The number of methoxy groups -OCH3 is 1. The fourth-order valence-electron chi connectivity index (χ4n) is 3.85. The van der Waals surface area contributed by atoms with Crippen molar-refractivity contribution in [3.8, 4) is 16.9 Å². The minimum absolute atomic E-state index is 0.0667. The van der Waals surface area contributed by atoms with Gasteiger partial charge in [-0.25, -0.2) is 0 Å². The van der Waals surface area contributed by atoms with E-state index in [-0.39, 0.29) is 23.1 Å². The van der Waals surface area contributed by atoms with Gasteiger partial charge in [0.15, 0.2) is 0 Å². The Labute approximate surface area is 163 Å². The predicted molar refractivity (Wildman–Crippen MR) is 108 cm³/mol. The SMILES string of the molecule is CCSC1CCN2C(=O)c3cc(-c4ccc(OC)cc4)ccc3NC(=O)C12. The molecule has 0 aromatic heterocycles. The highest BCUT2D eigenvalue weighted by Crippen LogP contribution is 2.36. The molecule has 1 saturated heterocycles. The number of benzene rings is 2. The van der Waals surface area contributed by atoms with E-state index >= 15 is 0 Å². The monoisotopic (exact) mass is 382 g/mol. The lowest BCUT2D eigenvalue weighted by Crippen LogP contribution is -2.44. The highest BCUT2D eigenvalue weighted by Gasteiger charge is 2.44. The van der Waals surface area contributed by atoms with Crippen molar-refractivity contribution in [1.29, 1.82) is 0 Å². The molecule has 2 heterocycles. The second kappa shape index (κ2) is 7.27. The highest BCUT2D eigenvalue weighted by molar-refractivity contribution is 7.99. The number of ether oxygens (including phenoxy) is 1. The first-order chi connectivity index (χ1) is 13.1. The number of nitrogens with one attached hydrogen (secondary N) is 1. The first-order valence-corrected chi connectivity index (χ1v) is 10.2. The molecule has 4 rings (SSSR count). The summed E-state index contributed by atoms with van der Waals surface area (Å²) in [7, 11) is 1.63. The van der Waals surface area contributed by atoms with E-state index in [2.05, 4.69) is 12.2 Å². The standard InChI is InChI=1S/C21H22N2O3S/c1-3-27-18-10-11-23-19(18)20(24)22-17-9-6-14(12-16(17)21(23)25)13-4-7-15(26-2)8-5-13/h4-9,12,18-19H,3,10-11H2,1-2H3,(H,22,24). The number of hydrogen-bond donors (Lipinski definition) is 1. The van der Waals surface area contributed by atoms with Crippen molar-refractivity contribution >= 4 is 29.3 Å². The Bertz CT molecular complexity index is 881. The molecular weight excluding hydrogens is 360 g/mol. The number of thioether (sulfide) groups is 1. The number of fused-ring (bicyclic) bond motifs is 2. The van der Waals surface area contributed by atoms with Gasteiger partial charge in [-0.15, -0.1) is 0 Å². The van der Waals surface area contributed by atoms with E-state index in [0.29, 0.717) is 17.8 Å². The molecule has 2 aliphatic heterocycles. The molecule has 0 saturated carbocycles. The fourth-order valence-corrected chi connectivity index (χ4v) is 5.00. The average Bonchev–Trinajstić information content (AvgIpc) is 3.07. The van der Waals surface area contributed by atoms with Crippen LogP contribution in [0.25, 0.3) is 11.1 Å². The summed E-state index contributed by atoms with van der Waals surface area (Å²) in [6, 6.07) is 13.0. The van der Waals surface area contributed by atoms with Crippen molar-refractivity contribution in [2.75, 3.05) is 24.7 Å². The van der Waals surface area contributed by atoms with E-state index in [9.17, 15) is 9.59 Å². The van der Waals surface area contributed by atoms with Crippen LogP contribution in [-0.4, -0.2) is 47.4 Å². The largest absolute Gasteiger partial charge is 0.497 e. The molecule has 2 atom stereocenters. The van der Waals surface area contributed by atoms with Crippen molar-refractivity contribution in [2.45, 2.75) is 24.6 Å². The average molecular weight is 382 g/mol. The van der Waals surface area contributed by atoms with Gasteiger partial charge in [0.05, 0.1) is 18.4 Å². The molecule has 0 radical (unpaired) electrons. The zero-order valence-electron chi connectivity index (χ0n) is 15.4. The van der Waals surface area contributed by atoms with Gasteiger partial charge in [-0.05, 0) is 47.6 Å². The Morgan fingerprint density at radius 2 is 1.89 bits per heavy atom. The zero-order valence-corrected chi connectivity index (χ0v) is 16.2. The van der Waals surface area contributed by atoms with Crippen molar-refractivity contribution in [1.82, 2.24) is 4.90 Å². The molecule has 2 aromatic carbocycles. The van der Waals surface area contributed by atoms with Crippen LogP contribution in [0.4, 0.5) is 5.69 Å². The number of amides is 2. The van der Waals surface area contributed by atoms with Crippen molar-refractivity contribution in [2.24, 2.45) is 0 Å². The van der Waals surface area contributed by atoms with E-state index in [1.54, 1.807) is 23.8 Å². The number of nitrogens with zero attached hydrogens (tertiary/aromatic N) is 1. The summed E-state index contributed by atoms with van der Waals surface area (Å²) in [5.41, 5.74) is 3.09. The molecule has 5 nitrogen and oxygen atoms in total. The minimum atomic E-state index is -0.390. The Hall–Kier alpha value is -2.47.